The summed E-state index contributed by atoms with van der Waals surface area (Å²) in [6, 6.07) is 0.0822. The highest BCUT2D eigenvalue weighted by Crippen LogP contribution is 2.27. The molecule has 1 saturated carbocycles. The van der Waals surface area contributed by atoms with E-state index in [9.17, 15) is 9.59 Å². The zero-order chi connectivity index (χ0) is 16.8. The number of rotatable bonds is 5. The van der Waals surface area contributed by atoms with Crippen LogP contribution in [0.25, 0.3) is 0 Å². The normalized spacial score (nSPS) is 22.0. The molecule has 0 heterocycles. The third-order valence-electron chi connectivity index (χ3n) is 3.64. The maximum absolute atomic E-state index is 12.0. The number of nitrogens with zero attached hydrogens (tertiary/aromatic N) is 1. The van der Waals surface area contributed by atoms with Crippen LogP contribution in [-0.2, 0) is 14.4 Å². The van der Waals surface area contributed by atoms with Gasteiger partial charge in [0.1, 0.15) is 5.60 Å². The minimum absolute atomic E-state index is 0.00947. The van der Waals surface area contributed by atoms with E-state index in [1.54, 1.807) is 7.05 Å². The van der Waals surface area contributed by atoms with Gasteiger partial charge in [0.25, 0.3) is 0 Å². The lowest BCUT2D eigenvalue weighted by Crippen LogP contribution is -2.42. The number of ether oxygens (including phenoxy) is 1. The van der Waals surface area contributed by atoms with E-state index in [0.717, 1.165) is 25.7 Å². The Bertz CT molecular complexity index is 379. The Morgan fingerprint density at radius 2 is 1.95 bits per heavy atom. The molecule has 1 N–H and O–H groups in total. The Morgan fingerprint density at radius 3 is 2.55 bits per heavy atom. The van der Waals surface area contributed by atoms with Crippen molar-refractivity contribution in [3.8, 4) is 0 Å². The fourth-order valence-corrected chi connectivity index (χ4v) is 2.72. The summed E-state index contributed by atoms with van der Waals surface area (Å²) in [6.07, 6.45) is 3.85. The Kier molecular flexibility index (Phi) is 7.13. The summed E-state index contributed by atoms with van der Waals surface area (Å²) in [4.78, 5) is 29.0. The zero-order valence-electron chi connectivity index (χ0n) is 14.5. The van der Waals surface area contributed by atoms with Crippen LogP contribution in [0.4, 0.5) is 4.79 Å². The van der Waals surface area contributed by atoms with Crippen LogP contribution in [0.1, 0.15) is 59.8 Å². The largest absolute Gasteiger partial charge is 0.444 e. The van der Waals surface area contributed by atoms with E-state index in [4.69, 9.17) is 9.57 Å². The van der Waals surface area contributed by atoms with Crippen molar-refractivity contribution < 1.29 is 19.2 Å². The van der Waals surface area contributed by atoms with Crippen molar-refractivity contribution in [1.82, 2.24) is 10.4 Å². The average Bonchev–Trinajstić information content (AvgIpc) is 2.36. The zero-order valence-corrected chi connectivity index (χ0v) is 14.5. The summed E-state index contributed by atoms with van der Waals surface area (Å²) < 4.78 is 5.28. The molecular weight excluding hydrogens is 284 g/mol. The Morgan fingerprint density at radius 1 is 1.27 bits per heavy atom. The summed E-state index contributed by atoms with van der Waals surface area (Å²) >= 11 is 0. The van der Waals surface area contributed by atoms with Gasteiger partial charge < -0.3 is 10.1 Å². The van der Waals surface area contributed by atoms with Crippen molar-refractivity contribution in [3.05, 3.63) is 0 Å². The molecule has 0 saturated heterocycles. The number of nitrogens with one attached hydrogen (secondary N) is 1. The van der Waals surface area contributed by atoms with Crippen LogP contribution in [-0.4, -0.2) is 42.4 Å². The van der Waals surface area contributed by atoms with Crippen molar-refractivity contribution in [2.45, 2.75) is 71.4 Å². The van der Waals surface area contributed by atoms with E-state index in [-0.39, 0.29) is 24.0 Å². The first-order valence-electron chi connectivity index (χ1n) is 8.10. The molecule has 1 aliphatic rings. The number of hydrogen-bond donors (Lipinski definition) is 1. The lowest BCUT2D eigenvalue weighted by molar-refractivity contribution is -0.177. The van der Waals surface area contributed by atoms with Gasteiger partial charge in [0, 0.05) is 19.5 Å². The maximum Gasteiger partial charge on any atom is 0.407 e. The molecule has 0 aromatic rings. The van der Waals surface area contributed by atoms with Crippen molar-refractivity contribution >= 4 is 12.0 Å². The molecule has 1 rings (SSSR count). The predicted octanol–water partition coefficient (Wildman–Crippen LogP) is 2.87. The molecule has 0 aromatic heterocycles. The first-order valence-corrected chi connectivity index (χ1v) is 8.10. The topological polar surface area (TPSA) is 67.9 Å². The number of amides is 2. The Labute approximate surface area is 133 Å². The monoisotopic (exact) mass is 314 g/mol. The van der Waals surface area contributed by atoms with Gasteiger partial charge in [-0.05, 0) is 52.9 Å². The van der Waals surface area contributed by atoms with Crippen molar-refractivity contribution in [3.63, 3.8) is 0 Å². The predicted molar refractivity (Wildman–Crippen MR) is 84.1 cm³/mol. The van der Waals surface area contributed by atoms with E-state index < -0.39 is 5.60 Å². The molecule has 0 bridgehead atoms. The van der Waals surface area contributed by atoms with Crippen molar-refractivity contribution in [2.75, 3.05) is 13.7 Å². The molecule has 1 aliphatic carbocycles. The van der Waals surface area contributed by atoms with Gasteiger partial charge in [-0.15, -0.1) is 0 Å². The SMILES string of the molecule is CCON(C)C(=O)CC1CCCC(NC(=O)OC(C)(C)C)C1. The number of hydrogen-bond acceptors (Lipinski definition) is 4. The lowest BCUT2D eigenvalue weighted by Gasteiger charge is -2.31. The summed E-state index contributed by atoms with van der Waals surface area (Å²) in [7, 11) is 1.64. The van der Waals surface area contributed by atoms with Crippen molar-refractivity contribution in [2.24, 2.45) is 5.92 Å². The molecule has 1 fully saturated rings. The molecule has 0 spiro atoms. The fraction of sp³-hybridized carbons (Fsp3) is 0.875. The third-order valence-corrected chi connectivity index (χ3v) is 3.64. The molecule has 2 unspecified atom stereocenters. The first-order chi connectivity index (χ1) is 10.2. The van der Waals surface area contributed by atoms with E-state index in [0.29, 0.717) is 13.0 Å². The highest BCUT2D eigenvalue weighted by atomic mass is 16.7. The summed E-state index contributed by atoms with van der Waals surface area (Å²) in [5.41, 5.74) is -0.492. The highest BCUT2D eigenvalue weighted by molar-refractivity contribution is 5.75. The summed E-state index contributed by atoms with van der Waals surface area (Å²) in [6.45, 7) is 7.87. The second kappa shape index (κ2) is 8.36. The van der Waals surface area contributed by atoms with Crippen LogP contribution in [0.2, 0.25) is 0 Å². The summed E-state index contributed by atoms with van der Waals surface area (Å²) in [5.74, 6) is 0.272. The average molecular weight is 314 g/mol. The van der Waals surface area contributed by atoms with Crippen LogP contribution in [0.5, 0.6) is 0 Å². The van der Waals surface area contributed by atoms with Gasteiger partial charge in [-0.2, -0.15) is 0 Å². The van der Waals surface area contributed by atoms with E-state index in [2.05, 4.69) is 5.32 Å². The van der Waals surface area contributed by atoms with E-state index in [1.165, 1.54) is 5.06 Å². The second-order valence-electron chi connectivity index (χ2n) is 6.89. The van der Waals surface area contributed by atoms with Gasteiger partial charge in [0.05, 0.1) is 6.61 Å². The van der Waals surface area contributed by atoms with E-state index >= 15 is 0 Å². The van der Waals surface area contributed by atoms with Gasteiger partial charge in [0.2, 0.25) is 5.91 Å². The van der Waals surface area contributed by atoms with Gasteiger partial charge in [-0.25, -0.2) is 9.86 Å². The Hall–Kier alpha value is -1.30. The van der Waals surface area contributed by atoms with Crippen LogP contribution < -0.4 is 5.32 Å². The molecule has 6 heteroatoms. The summed E-state index contributed by atoms with van der Waals surface area (Å²) in [5, 5.41) is 4.23. The Balaban J connectivity index is 2.41. The quantitative estimate of drug-likeness (QED) is 0.792. The maximum atomic E-state index is 12.0. The first kappa shape index (κ1) is 18.7. The van der Waals surface area contributed by atoms with Crippen LogP contribution in [0.3, 0.4) is 0 Å². The van der Waals surface area contributed by atoms with Crippen LogP contribution >= 0.6 is 0 Å². The van der Waals surface area contributed by atoms with Gasteiger partial charge >= 0.3 is 6.09 Å². The smallest absolute Gasteiger partial charge is 0.407 e. The van der Waals surface area contributed by atoms with Crippen LogP contribution in [0.15, 0.2) is 0 Å². The van der Waals surface area contributed by atoms with E-state index in [1.807, 2.05) is 27.7 Å². The van der Waals surface area contributed by atoms with Crippen LogP contribution in [0, 0.1) is 5.92 Å². The molecule has 22 heavy (non-hydrogen) atoms. The van der Waals surface area contributed by atoms with Gasteiger partial charge in [-0.3, -0.25) is 9.63 Å². The van der Waals surface area contributed by atoms with Gasteiger partial charge in [-0.1, -0.05) is 6.42 Å². The molecule has 0 aromatic carbocycles. The number of carbonyl (C=O) groups excluding carboxylic acids is 2. The highest BCUT2D eigenvalue weighted by Gasteiger charge is 2.27. The lowest BCUT2D eigenvalue weighted by atomic mass is 9.83. The number of alkyl carbamates (subject to hydrolysis) is 1. The minimum atomic E-state index is -0.492. The molecule has 0 radical (unpaired) electrons. The molecular formula is C16H30N2O4. The number of carbonyl (C=O) groups is 2. The fourth-order valence-electron chi connectivity index (χ4n) is 2.72. The van der Waals surface area contributed by atoms with Crippen molar-refractivity contribution in [1.29, 1.82) is 0 Å². The molecule has 0 aliphatic heterocycles. The molecule has 128 valence electrons. The standard InChI is InChI=1S/C16H30N2O4/c1-6-21-18(5)14(19)11-12-8-7-9-13(10-12)17-15(20)22-16(2,3)4/h12-13H,6-11H2,1-5H3,(H,17,20). The number of hydroxylamine groups is 2. The molecule has 2 atom stereocenters. The minimum Gasteiger partial charge on any atom is -0.444 e. The second-order valence-corrected chi connectivity index (χ2v) is 6.89. The third kappa shape index (κ3) is 7.11. The van der Waals surface area contributed by atoms with Gasteiger partial charge in [0.15, 0.2) is 0 Å². The molecule has 6 nitrogen and oxygen atoms in total. The molecule has 2 amide bonds.